The van der Waals surface area contributed by atoms with Crippen LogP contribution in [0, 0.1) is 16.3 Å². The summed E-state index contributed by atoms with van der Waals surface area (Å²) in [6, 6.07) is 8.88. The Kier molecular flexibility index (Phi) is 5.61. The minimum Gasteiger partial charge on any atom is -0.488 e. The van der Waals surface area contributed by atoms with Gasteiger partial charge in [-0.15, -0.1) is 0 Å². The second-order valence-electron chi connectivity index (χ2n) is 6.25. The van der Waals surface area contributed by atoms with Crippen LogP contribution >= 0.6 is 22.6 Å². The summed E-state index contributed by atoms with van der Waals surface area (Å²) in [5.74, 6) is 0.988. The fraction of sp³-hybridized carbons (Fsp3) is 0.350. The number of rotatable bonds is 6. The van der Waals surface area contributed by atoms with Gasteiger partial charge in [-0.2, -0.15) is 0 Å². The van der Waals surface area contributed by atoms with Gasteiger partial charge >= 0.3 is 5.97 Å². The molecule has 1 fully saturated rings. The van der Waals surface area contributed by atoms with Gasteiger partial charge in [0.1, 0.15) is 23.9 Å². The molecule has 0 spiro atoms. The van der Waals surface area contributed by atoms with Crippen molar-refractivity contribution < 1.29 is 18.7 Å². The van der Waals surface area contributed by atoms with E-state index in [1.165, 1.54) is 6.07 Å². The number of carbonyl (C=O) groups excluding carboxylic acids is 1. The lowest BCUT2D eigenvalue weighted by atomic mass is 10.1. The highest BCUT2D eigenvalue weighted by Gasteiger charge is 2.28. The number of aryl methyl sites for hydroxylation is 1. The molecule has 0 saturated heterocycles. The first-order valence-electron chi connectivity index (χ1n) is 8.40. The third-order valence-corrected chi connectivity index (χ3v) is 5.28. The molecule has 2 aromatic carbocycles. The second-order valence-corrected chi connectivity index (χ2v) is 7.41. The monoisotopic (exact) mass is 454 g/mol. The van der Waals surface area contributed by atoms with Crippen molar-refractivity contribution in [1.82, 2.24) is 0 Å². The lowest BCUT2D eigenvalue weighted by molar-refractivity contribution is -0.134. The molecule has 0 radical (unpaired) electrons. The van der Waals surface area contributed by atoms with Crippen molar-refractivity contribution in [2.75, 3.05) is 0 Å². The van der Waals surface area contributed by atoms with Crippen LogP contribution in [-0.4, -0.2) is 5.97 Å². The van der Waals surface area contributed by atoms with E-state index in [1.54, 1.807) is 19.9 Å². The van der Waals surface area contributed by atoms with Crippen LogP contribution in [0.5, 0.6) is 11.5 Å². The van der Waals surface area contributed by atoms with E-state index in [-0.39, 0.29) is 18.4 Å². The number of benzene rings is 2. The third kappa shape index (κ3) is 4.32. The lowest BCUT2D eigenvalue weighted by Gasteiger charge is -2.16. The summed E-state index contributed by atoms with van der Waals surface area (Å²) in [5.41, 5.74) is 2.51. The van der Waals surface area contributed by atoms with E-state index >= 15 is 0 Å². The van der Waals surface area contributed by atoms with Crippen LogP contribution in [0.25, 0.3) is 0 Å². The third-order valence-electron chi connectivity index (χ3n) is 4.27. The molecule has 2 aromatic rings. The topological polar surface area (TPSA) is 35.5 Å². The molecule has 0 bridgehead atoms. The minimum atomic E-state index is -0.289. The van der Waals surface area contributed by atoms with Crippen LogP contribution in [0.4, 0.5) is 4.39 Å². The Morgan fingerprint density at radius 2 is 2.04 bits per heavy atom. The van der Waals surface area contributed by atoms with Gasteiger partial charge in [0.05, 0.1) is 0 Å². The standard InChI is InChI=1S/C20H20FIO3/c1-3-20(23)25-18-6-4-5-17(22)15(18)11-24-19-10-16(21)12(2)9-14(19)13-7-8-13/h4-6,9-10,13H,3,7-8,11H2,1-2H3. The van der Waals surface area contributed by atoms with E-state index in [4.69, 9.17) is 9.47 Å². The molecule has 1 aliphatic rings. The summed E-state index contributed by atoms with van der Waals surface area (Å²) in [5, 5.41) is 0. The number of hydrogen-bond donors (Lipinski definition) is 0. The number of ether oxygens (including phenoxy) is 2. The van der Waals surface area contributed by atoms with Gasteiger partial charge in [-0.05, 0) is 77.6 Å². The number of carbonyl (C=O) groups is 1. The average molecular weight is 454 g/mol. The predicted octanol–water partition coefficient (Wildman–Crippen LogP) is 5.51. The fourth-order valence-electron chi connectivity index (χ4n) is 2.64. The second kappa shape index (κ2) is 7.72. The van der Waals surface area contributed by atoms with Gasteiger partial charge in [0.25, 0.3) is 0 Å². The fourth-order valence-corrected chi connectivity index (χ4v) is 3.27. The molecule has 0 N–H and O–H groups in total. The van der Waals surface area contributed by atoms with Crippen molar-refractivity contribution in [1.29, 1.82) is 0 Å². The zero-order valence-electron chi connectivity index (χ0n) is 14.3. The molecule has 0 aliphatic heterocycles. The maximum atomic E-state index is 14.0. The SMILES string of the molecule is CCC(=O)Oc1cccc(I)c1COc1cc(F)c(C)cc1C1CC1. The summed E-state index contributed by atoms with van der Waals surface area (Å²) in [6.07, 6.45) is 2.54. The van der Waals surface area contributed by atoms with Crippen LogP contribution in [0.2, 0.25) is 0 Å². The maximum absolute atomic E-state index is 14.0. The molecule has 0 heterocycles. The van der Waals surface area contributed by atoms with E-state index in [9.17, 15) is 9.18 Å². The van der Waals surface area contributed by atoms with Crippen molar-refractivity contribution in [3.63, 3.8) is 0 Å². The Balaban J connectivity index is 1.85. The number of esters is 1. The zero-order valence-corrected chi connectivity index (χ0v) is 16.4. The number of halogens is 2. The van der Waals surface area contributed by atoms with Gasteiger partial charge in [0.15, 0.2) is 0 Å². The van der Waals surface area contributed by atoms with E-state index < -0.39 is 0 Å². The molecule has 1 saturated carbocycles. The quantitative estimate of drug-likeness (QED) is 0.328. The molecule has 1 aliphatic carbocycles. The van der Waals surface area contributed by atoms with Crippen molar-refractivity contribution in [2.45, 2.75) is 45.6 Å². The molecular weight excluding hydrogens is 434 g/mol. The van der Waals surface area contributed by atoms with Gasteiger partial charge in [-0.3, -0.25) is 4.79 Å². The molecular formula is C20H20FIO3. The molecule has 25 heavy (non-hydrogen) atoms. The Labute approximate surface area is 160 Å². The molecule has 132 valence electrons. The summed E-state index contributed by atoms with van der Waals surface area (Å²) < 4.78 is 26.3. The minimum absolute atomic E-state index is 0.230. The van der Waals surface area contributed by atoms with E-state index in [2.05, 4.69) is 22.6 Å². The van der Waals surface area contributed by atoms with Gasteiger partial charge in [0.2, 0.25) is 0 Å². The first-order chi connectivity index (χ1) is 12.0. The maximum Gasteiger partial charge on any atom is 0.310 e. The Morgan fingerprint density at radius 1 is 1.28 bits per heavy atom. The highest BCUT2D eigenvalue weighted by Crippen LogP contribution is 2.45. The van der Waals surface area contributed by atoms with Crippen LogP contribution in [0.15, 0.2) is 30.3 Å². The summed E-state index contributed by atoms with van der Waals surface area (Å²) in [4.78, 5) is 11.6. The summed E-state index contributed by atoms with van der Waals surface area (Å²) in [7, 11) is 0. The largest absolute Gasteiger partial charge is 0.488 e. The lowest BCUT2D eigenvalue weighted by Crippen LogP contribution is -2.10. The number of hydrogen-bond acceptors (Lipinski definition) is 3. The average Bonchev–Trinajstić information content (AvgIpc) is 3.42. The van der Waals surface area contributed by atoms with E-state index in [0.29, 0.717) is 29.4 Å². The summed E-state index contributed by atoms with van der Waals surface area (Å²) >= 11 is 2.19. The molecule has 0 unspecified atom stereocenters. The van der Waals surface area contributed by atoms with Crippen LogP contribution < -0.4 is 9.47 Å². The van der Waals surface area contributed by atoms with Gasteiger partial charge in [-0.1, -0.05) is 13.0 Å². The Bertz CT molecular complexity index is 800. The predicted molar refractivity (Wildman–Crippen MR) is 103 cm³/mol. The van der Waals surface area contributed by atoms with Crippen LogP contribution in [-0.2, 0) is 11.4 Å². The molecule has 5 heteroatoms. The van der Waals surface area contributed by atoms with Gasteiger partial charge in [0, 0.05) is 21.6 Å². The Hall–Kier alpha value is -1.63. The van der Waals surface area contributed by atoms with E-state index in [0.717, 1.165) is 27.5 Å². The molecule has 0 aromatic heterocycles. The van der Waals surface area contributed by atoms with Crippen molar-refractivity contribution in [2.24, 2.45) is 0 Å². The van der Waals surface area contributed by atoms with Crippen molar-refractivity contribution in [3.8, 4) is 11.5 Å². The Morgan fingerprint density at radius 3 is 2.72 bits per heavy atom. The van der Waals surface area contributed by atoms with Crippen LogP contribution in [0.3, 0.4) is 0 Å². The molecule has 0 amide bonds. The first-order valence-corrected chi connectivity index (χ1v) is 9.48. The van der Waals surface area contributed by atoms with Crippen molar-refractivity contribution >= 4 is 28.6 Å². The molecule has 3 nitrogen and oxygen atoms in total. The van der Waals surface area contributed by atoms with Gasteiger partial charge < -0.3 is 9.47 Å². The van der Waals surface area contributed by atoms with Crippen LogP contribution in [0.1, 0.15) is 48.8 Å². The molecule has 0 atom stereocenters. The van der Waals surface area contributed by atoms with E-state index in [1.807, 2.05) is 18.2 Å². The first kappa shape index (κ1) is 18.2. The smallest absolute Gasteiger partial charge is 0.310 e. The molecule has 3 rings (SSSR count). The summed E-state index contributed by atoms with van der Waals surface area (Å²) in [6.45, 7) is 3.75. The highest BCUT2D eigenvalue weighted by atomic mass is 127. The zero-order chi connectivity index (χ0) is 18.0. The highest BCUT2D eigenvalue weighted by molar-refractivity contribution is 14.1. The normalized spacial score (nSPS) is 13.6. The van der Waals surface area contributed by atoms with Crippen molar-refractivity contribution in [3.05, 3.63) is 56.4 Å². The van der Waals surface area contributed by atoms with Gasteiger partial charge in [-0.25, -0.2) is 4.39 Å².